The summed E-state index contributed by atoms with van der Waals surface area (Å²) in [6, 6.07) is 6.41. The van der Waals surface area contributed by atoms with Crippen LogP contribution in [0.5, 0.6) is 0 Å². The van der Waals surface area contributed by atoms with Crippen LogP contribution in [-0.4, -0.2) is 5.78 Å². The topological polar surface area (TPSA) is 40.9 Å². The number of rotatable bonds is 3. The number of hydrogen-bond acceptors (Lipinski definition) is 2. The Balaban J connectivity index is 3.05. The minimum absolute atomic E-state index is 0.168. The number of carbonyl (C=O) groups excluding carboxylic acids is 1. The van der Waals surface area contributed by atoms with Gasteiger partial charge in [-0.05, 0) is 50.5 Å². The quantitative estimate of drug-likeness (QED) is 0.784. The van der Waals surface area contributed by atoms with E-state index < -0.39 is 5.41 Å². The molecule has 0 N–H and O–H groups in total. The molecule has 3 heteroatoms. The van der Waals surface area contributed by atoms with Gasteiger partial charge in [0.15, 0.2) is 0 Å². The van der Waals surface area contributed by atoms with Crippen LogP contribution in [0.2, 0.25) is 0 Å². The summed E-state index contributed by atoms with van der Waals surface area (Å²) < 4.78 is 12.9. The molecule has 0 amide bonds. The van der Waals surface area contributed by atoms with Crippen molar-refractivity contribution in [3.8, 4) is 6.07 Å². The lowest BCUT2D eigenvalue weighted by Gasteiger charge is -2.19. The van der Waals surface area contributed by atoms with E-state index in [1.165, 1.54) is 19.1 Å². The van der Waals surface area contributed by atoms with Crippen molar-refractivity contribution in [2.45, 2.75) is 27.2 Å². The van der Waals surface area contributed by atoms with Gasteiger partial charge in [0, 0.05) is 0 Å². The van der Waals surface area contributed by atoms with Crippen LogP contribution in [-0.2, 0) is 11.2 Å². The molecule has 1 atom stereocenters. The molecule has 1 unspecified atom stereocenters. The molecule has 0 saturated carbocycles. The zero-order valence-electron chi connectivity index (χ0n) is 9.67. The Hall–Kier alpha value is -1.69. The molecular weight excluding hydrogens is 205 g/mol. The first-order chi connectivity index (χ1) is 7.39. The highest BCUT2D eigenvalue weighted by molar-refractivity contribution is 5.85. The summed E-state index contributed by atoms with van der Waals surface area (Å²) in [7, 11) is 0. The van der Waals surface area contributed by atoms with Gasteiger partial charge in [-0.15, -0.1) is 0 Å². The van der Waals surface area contributed by atoms with Gasteiger partial charge in [0.1, 0.15) is 17.0 Å². The molecule has 2 nitrogen and oxygen atoms in total. The van der Waals surface area contributed by atoms with Gasteiger partial charge in [-0.3, -0.25) is 4.79 Å². The van der Waals surface area contributed by atoms with E-state index in [9.17, 15) is 9.18 Å². The largest absolute Gasteiger partial charge is 0.298 e. The predicted octanol–water partition coefficient (Wildman–Crippen LogP) is 2.80. The highest BCUT2D eigenvalue weighted by atomic mass is 19.1. The van der Waals surface area contributed by atoms with Crippen molar-refractivity contribution in [3.63, 3.8) is 0 Å². The Bertz CT molecular complexity index is 461. The Kier molecular flexibility index (Phi) is 3.44. The van der Waals surface area contributed by atoms with Crippen LogP contribution in [0.25, 0.3) is 0 Å². The van der Waals surface area contributed by atoms with Gasteiger partial charge in [-0.1, -0.05) is 6.07 Å². The lowest BCUT2D eigenvalue weighted by atomic mass is 9.81. The van der Waals surface area contributed by atoms with Crippen molar-refractivity contribution in [2.75, 3.05) is 0 Å². The number of ketones is 1. The summed E-state index contributed by atoms with van der Waals surface area (Å²) in [5.74, 6) is -0.471. The number of nitriles is 1. The molecule has 0 bridgehead atoms. The first kappa shape index (κ1) is 12.4. The summed E-state index contributed by atoms with van der Waals surface area (Å²) in [6.45, 7) is 4.79. The molecule has 0 spiro atoms. The Labute approximate surface area is 94.7 Å². The van der Waals surface area contributed by atoms with Crippen molar-refractivity contribution in [3.05, 3.63) is 35.1 Å². The second kappa shape index (κ2) is 4.44. The number of carbonyl (C=O) groups is 1. The Morgan fingerprint density at radius 1 is 1.56 bits per heavy atom. The third-order valence-corrected chi connectivity index (χ3v) is 2.87. The number of benzene rings is 1. The van der Waals surface area contributed by atoms with Crippen LogP contribution >= 0.6 is 0 Å². The van der Waals surface area contributed by atoms with Crippen molar-refractivity contribution in [1.82, 2.24) is 0 Å². The smallest absolute Gasteiger partial charge is 0.150 e. The molecule has 0 aromatic heterocycles. The fraction of sp³-hybridized carbons (Fsp3) is 0.385. The van der Waals surface area contributed by atoms with Crippen LogP contribution in [0.3, 0.4) is 0 Å². The van der Waals surface area contributed by atoms with E-state index in [1.54, 1.807) is 19.9 Å². The highest BCUT2D eigenvalue weighted by Crippen LogP contribution is 2.25. The van der Waals surface area contributed by atoms with Gasteiger partial charge in [-0.2, -0.15) is 5.26 Å². The molecule has 1 aromatic rings. The lowest BCUT2D eigenvalue weighted by molar-refractivity contribution is -0.123. The standard InChI is InChI=1S/C13H14FNO/c1-9-6-12(14)5-4-11(9)7-13(3,8-15)10(2)16/h4-6H,7H2,1-3H3. The van der Waals surface area contributed by atoms with E-state index in [0.29, 0.717) is 6.42 Å². The van der Waals surface area contributed by atoms with Gasteiger partial charge in [-0.25, -0.2) is 4.39 Å². The monoisotopic (exact) mass is 219 g/mol. The van der Waals surface area contributed by atoms with Crippen molar-refractivity contribution in [2.24, 2.45) is 5.41 Å². The molecule has 1 aromatic carbocycles. The van der Waals surface area contributed by atoms with Gasteiger partial charge in [0.05, 0.1) is 6.07 Å². The third kappa shape index (κ3) is 2.46. The summed E-state index contributed by atoms with van der Waals surface area (Å²) in [5.41, 5.74) is 0.575. The molecule has 0 fully saturated rings. The molecule has 0 aliphatic heterocycles. The second-order valence-electron chi connectivity index (χ2n) is 4.25. The first-order valence-corrected chi connectivity index (χ1v) is 5.06. The fourth-order valence-electron chi connectivity index (χ4n) is 1.48. The SMILES string of the molecule is CC(=O)C(C)(C#N)Cc1ccc(F)cc1C. The maximum Gasteiger partial charge on any atom is 0.150 e. The summed E-state index contributed by atoms with van der Waals surface area (Å²) in [5, 5.41) is 9.02. The Morgan fingerprint density at radius 3 is 2.62 bits per heavy atom. The third-order valence-electron chi connectivity index (χ3n) is 2.87. The van der Waals surface area contributed by atoms with Crippen LogP contribution in [0, 0.1) is 29.5 Å². The predicted molar refractivity (Wildman–Crippen MR) is 59.2 cm³/mol. The maximum atomic E-state index is 12.9. The number of nitrogens with zero attached hydrogens (tertiary/aromatic N) is 1. The van der Waals surface area contributed by atoms with Gasteiger partial charge >= 0.3 is 0 Å². The number of hydrogen-bond donors (Lipinski definition) is 0. The van der Waals surface area contributed by atoms with Crippen LogP contribution < -0.4 is 0 Å². The minimum Gasteiger partial charge on any atom is -0.298 e. The normalized spacial score (nSPS) is 13.9. The molecule has 0 aliphatic rings. The summed E-state index contributed by atoms with van der Waals surface area (Å²) in [4.78, 5) is 11.4. The molecule has 0 saturated heterocycles. The van der Waals surface area contributed by atoms with E-state index >= 15 is 0 Å². The molecule has 0 aliphatic carbocycles. The maximum absolute atomic E-state index is 12.9. The van der Waals surface area contributed by atoms with E-state index in [2.05, 4.69) is 0 Å². The average molecular weight is 219 g/mol. The number of aryl methyl sites for hydroxylation is 1. The lowest BCUT2D eigenvalue weighted by Crippen LogP contribution is -2.26. The zero-order chi connectivity index (χ0) is 12.3. The van der Waals surface area contributed by atoms with Crippen molar-refractivity contribution < 1.29 is 9.18 Å². The Morgan fingerprint density at radius 2 is 2.19 bits per heavy atom. The van der Waals surface area contributed by atoms with E-state index in [4.69, 9.17) is 5.26 Å². The first-order valence-electron chi connectivity index (χ1n) is 5.06. The minimum atomic E-state index is -1.03. The van der Waals surface area contributed by atoms with E-state index in [-0.39, 0.29) is 11.6 Å². The summed E-state index contributed by atoms with van der Waals surface area (Å²) >= 11 is 0. The van der Waals surface area contributed by atoms with Crippen LogP contribution in [0.4, 0.5) is 4.39 Å². The zero-order valence-corrected chi connectivity index (χ0v) is 9.67. The van der Waals surface area contributed by atoms with E-state index in [1.807, 2.05) is 6.07 Å². The number of halogens is 1. The molecule has 0 heterocycles. The summed E-state index contributed by atoms with van der Waals surface area (Å²) in [6.07, 6.45) is 0.324. The molecule has 1 rings (SSSR count). The van der Waals surface area contributed by atoms with Gasteiger partial charge in [0.2, 0.25) is 0 Å². The highest BCUT2D eigenvalue weighted by Gasteiger charge is 2.30. The van der Waals surface area contributed by atoms with Crippen molar-refractivity contribution >= 4 is 5.78 Å². The van der Waals surface area contributed by atoms with Crippen LogP contribution in [0.1, 0.15) is 25.0 Å². The van der Waals surface area contributed by atoms with Gasteiger partial charge in [0.25, 0.3) is 0 Å². The van der Waals surface area contributed by atoms with E-state index in [0.717, 1.165) is 11.1 Å². The fourth-order valence-corrected chi connectivity index (χ4v) is 1.48. The van der Waals surface area contributed by atoms with Crippen LogP contribution in [0.15, 0.2) is 18.2 Å². The van der Waals surface area contributed by atoms with Gasteiger partial charge < -0.3 is 0 Å². The van der Waals surface area contributed by atoms with Crippen molar-refractivity contribution in [1.29, 1.82) is 5.26 Å². The second-order valence-corrected chi connectivity index (χ2v) is 4.25. The average Bonchev–Trinajstić information content (AvgIpc) is 2.22. The molecule has 16 heavy (non-hydrogen) atoms. The number of Topliss-reactive ketones (excluding diaryl/α,β-unsaturated/α-hetero) is 1. The molecule has 84 valence electrons. The molecular formula is C13H14FNO. The molecule has 0 radical (unpaired) electrons.